The highest BCUT2D eigenvalue weighted by Crippen LogP contribution is 2.18. The Bertz CT molecular complexity index is 591. The van der Waals surface area contributed by atoms with Gasteiger partial charge in [-0.3, -0.25) is 10.1 Å². The van der Waals surface area contributed by atoms with Crippen LogP contribution in [0.25, 0.3) is 0 Å². The minimum Gasteiger partial charge on any atom is -0.484 e. The fourth-order valence-electron chi connectivity index (χ4n) is 1.35. The summed E-state index contributed by atoms with van der Waals surface area (Å²) in [5.41, 5.74) is 0. The molecule has 2 aromatic rings. The van der Waals surface area contributed by atoms with E-state index in [1.807, 2.05) is 12.1 Å². The van der Waals surface area contributed by atoms with Gasteiger partial charge in [-0.05, 0) is 18.2 Å². The number of nitrogens with one attached hydrogen (secondary N) is 1. The number of hydrogen-bond acceptors (Lipinski definition) is 6. The lowest BCUT2D eigenvalue weighted by Gasteiger charge is -2.05. The summed E-state index contributed by atoms with van der Waals surface area (Å²) in [4.78, 5) is 11.7. The molecule has 2 rings (SSSR count). The molecule has 1 heterocycles. The predicted octanol–water partition coefficient (Wildman–Crippen LogP) is 2.46. The van der Waals surface area contributed by atoms with Gasteiger partial charge in [0.05, 0.1) is 0 Å². The van der Waals surface area contributed by atoms with Crippen LogP contribution < -0.4 is 10.1 Å². The Balaban J connectivity index is 1.82. The van der Waals surface area contributed by atoms with Gasteiger partial charge in [-0.2, -0.15) is 0 Å². The standard InChI is InChI=1S/C12H12BrN3O3S/c1-18-7-11-15-16-12(20-11)14-10(17)6-19-9-4-2-3-8(13)5-9/h2-5H,6-7H2,1H3,(H,14,16,17). The van der Waals surface area contributed by atoms with Gasteiger partial charge in [-0.1, -0.05) is 33.3 Å². The molecular weight excluding hydrogens is 346 g/mol. The van der Waals surface area contributed by atoms with Gasteiger partial charge in [0.1, 0.15) is 17.4 Å². The number of methoxy groups -OCH3 is 1. The number of carbonyl (C=O) groups is 1. The summed E-state index contributed by atoms with van der Waals surface area (Å²) in [6.07, 6.45) is 0. The first kappa shape index (κ1) is 14.9. The first-order valence-electron chi connectivity index (χ1n) is 5.67. The van der Waals surface area contributed by atoms with E-state index in [1.54, 1.807) is 19.2 Å². The molecule has 0 fully saturated rings. The van der Waals surface area contributed by atoms with E-state index in [0.29, 0.717) is 22.5 Å². The largest absolute Gasteiger partial charge is 0.484 e. The molecule has 0 atom stereocenters. The van der Waals surface area contributed by atoms with Gasteiger partial charge in [0, 0.05) is 11.6 Å². The van der Waals surface area contributed by atoms with E-state index in [1.165, 1.54) is 11.3 Å². The third-order valence-corrected chi connectivity index (χ3v) is 3.45. The Morgan fingerprint density at radius 1 is 1.45 bits per heavy atom. The predicted molar refractivity (Wildman–Crippen MR) is 78.9 cm³/mol. The van der Waals surface area contributed by atoms with Gasteiger partial charge in [0.2, 0.25) is 5.13 Å². The lowest BCUT2D eigenvalue weighted by molar-refractivity contribution is -0.118. The van der Waals surface area contributed by atoms with Crippen LogP contribution in [0, 0.1) is 0 Å². The van der Waals surface area contributed by atoms with Gasteiger partial charge >= 0.3 is 0 Å². The quantitative estimate of drug-likeness (QED) is 0.859. The molecular formula is C12H12BrN3O3S. The Hall–Kier alpha value is -1.51. The molecule has 20 heavy (non-hydrogen) atoms. The second-order valence-corrected chi connectivity index (χ2v) is 5.71. The number of aromatic nitrogens is 2. The van der Waals surface area contributed by atoms with Gasteiger partial charge in [-0.15, -0.1) is 10.2 Å². The van der Waals surface area contributed by atoms with Crippen molar-refractivity contribution in [1.82, 2.24) is 10.2 Å². The van der Waals surface area contributed by atoms with Crippen molar-refractivity contribution >= 4 is 38.3 Å². The molecule has 0 aliphatic carbocycles. The highest BCUT2D eigenvalue weighted by Gasteiger charge is 2.08. The third kappa shape index (κ3) is 4.55. The average molecular weight is 358 g/mol. The Morgan fingerprint density at radius 3 is 3.05 bits per heavy atom. The molecule has 8 heteroatoms. The summed E-state index contributed by atoms with van der Waals surface area (Å²) in [6, 6.07) is 7.28. The first-order chi connectivity index (χ1) is 9.67. The number of rotatable bonds is 6. The summed E-state index contributed by atoms with van der Waals surface area (Å²) in [5.74, 6) is 0.331. The number of carbonyl (C=O) groups excluding carboxylic acids is 1. The second kappa shape index (κ2) is 7.32. The molecule has 0 saturated heterocycles. The van der Waals surface area contributed by atoms with E-state index in [-0.39, 0.29) is 12.5 Å². The molecule has 1 aromatic heterocycles. The molecule has 0 spiro atoms. The van der Waals surface area contributed by atoms with Gasteiger partial charge in [0.15, 0.2) is 6.61 Å². The Morgan fingerprint density at radius 2 is 2.30 bits per heavy atom. The fraction of sp³-hybridized carbons (Fsp3) is 0.250. The summed E-state index contributed by atoms with van der Waals surface area (Å²) in [6.45, 7) is 0.289. The van der Waals surface area contributed by atoms with Crippen molar-refractivity contribution in [1.29, 1.82) is 0 Å². The second-order valence-electron chi connectivity index (χ2n) is 3.73. The Labute approximate surface area is 128 Å². The van der Waals surface area contributed by atoms with E-state index in [0.717, 1.165) is 4.47 Å². The molecule has 1 N–H and O–H groups in total. The van der Waals surface area contributed by atoms with Crippen LogP contribution in [0.15, 0.2) is 28.7 Å². The van der Waals surface area contributed by atoms with Crippen LogP contribution in [-0.2, 0) is 16.1 Å². The number of hydrogen-bond donors (Lipinski definition) is 1. The van der Waals surface area contributed by atoms with Gasteiger partial charge < -0.3 is 9.47 Å². The van der Waals surface area contributed by atoms with E-state index >= 15 is 0 Å². The van der Waals surface area contributed by atoms with Crippen molar-refractivity contribution in [3.63, 3.8) is 0 Å². The van der Waals surface area contributed by atoms with Crippen LogP contribution in [0.5, 0.6) is 5.75 Å². The van der Waals surface area contributed by atoms with E-state index in [2.05, 4.69) is 31.4 Å². The normalized spacial score (nSPS) is 10.3. The van der Waals surface area contributed by atoms with Crippen LogP contribution >= 0.6 is 27.3 Å². The first-order valence-corrected chi connectivity index (χ1v) is 7.28. The van der Waals surface area contributed by atoms with E-state index < -0.39 is 0 Å². The number of halogens is 1. The third-order valence-electron chi connectivity index (χ3n) is 2.15. The molecule has 0 saturated carbocycles. The maximum absolute atomic E-state index is 11.7. The molecule has 0 radical (unpaired) electrons. The molecule has 106 valence electrons. The van der Waals surface area contributed by atoms with Crippen LogP contribution in [0.4, 0.5) is 5.13 Å². The van der Waals surface area contributed by atoms with Crippen molar-refractivity contribution in [2.45, 2.75) is 6.61 Å². The van der Waals surface area contributed by atoms with E-state index in [9.17, 15) is 4.79 Å². The SMILES string of the molecule is COCc1nnc(NC(=O)COc2cccc(Br)c2)s1. The highest BCUT2D eigenvalue weighted by molar-refractivity contribution is 9.10. The fourth-order valence-corrected chi connectivity index (χ4v) is 2.45. The summed E-state index contributed by atoms with van der Waals surface area (Å²) >= 11 is 4.60. The number of anilines is 1. The van der Waals surface area contributed by atoms with Gasteiger partial charge in [0.25, 0.3) is 5.91 Å². The molecule has 1 aromatic carbocycles. The minimum absolute atomic E-state index is 0.0877. The molecule has 1 amide bonds. The number of nitrogens with zero attached hydrogens (tertiary/aromatic N) is 2. The highest BCUT2D eigenvalue weighted by atomic mass is 79.9. The maximum Gasteiger partial charge on any atom is 0.264 e. The zero-order valence-corrected chi connectivity index (χ0v) is 13.0. The van der Waals surface area contributed by atoms with Crippen molar-refractivity contribution in [2.75, 3.05) is 19.0 Å². The number of ether oxygens (including phenoxy) is 2. The summed E-state index contributed by atoms with van der Waals surface area (Å²) in [7, 11) is 1.57. The van der Waals surface area contributed by atoms with Crippen LogP contribution in [-0.4, -0.2) is 29.8 Å². The van der Waals surface area contributed by atoms with E-state index in [4.69, 9.17) is 9.47 Å². The smallest absolute Gasteiger partial charge is 0.264 e. The number of benzene rings is 1. The van der Waals surface area contributed by atoms with Crippen LogP contribution in [0.1, 0.15) is 5.01 Å². The molecule has 0 aliphatic heterocycles. The molecule has 0 bridgehead atoms. The van der Waals surface area contributed by atoms with Crippen molar-refractivity contribution < 1.29 is 14.3 Å². The lowest BCUT2D eigenvalue weighted by Crippen LogP contribution is -2.20. The van der Waals surface area contributed by atoms with Crippen molar-refractivity contribution in [2.24, 2.45) is 0 Å². The van der Waals surface area contributed by atoms with Crippen LogP contribution in [0.3, 0.4) is 0 Å². The topological polar surface area (TPSA) is 73.3 Å². The zero-order valence-electron chi connectivity index (χ0n) is 10.6. The molecule has 0 aliphatic rings. The summed E-state index contributed by atoms with van der Waals surface area (Å²) in [5, 5.41) is 11.5. The maximum atomic E-state index is 11.7. The average Bonchev–Trinajstić information content (AvgIpc) is 2.84. The Kier molecular flexibility index (Phi) is 5.45. The molecule has 6 nitrogen and oxygen atoms in total. The zero-order chi connectivity index (χ0) is 14.4. The van der Waals surface area contributed by atoms with Crippen molar-refractivity contribution in [3.8, 4) is 5.75 Å². The summed E-state index contributed by atoms with van der Waals surface area (Å²) < 4.78 is 11.2. The number of amides is 1. The van der Waals surface area contributed by atoms with Crippen LogP contribution in [0.2, 0.25) is 0 Å². The monoisotopic (exact) mass is 357 g/mol. The lowest BCUT2D eigenvalue weighted by atomic mass is 10.3. The van der Waals surface area contributed by atoms with Gasteiger partial charge in [-0.25, -0.2) is 0 Å². The van der Waals surface area contributed by atoms with Crippen molar-refractivity contribution in [3.05, 3.63) is 33.7 Å². The minimum atomic E-state index is -0.287. The molecule has 0 unspecified atom stereocenters.